The van der Waals surface area contributed by atoms with Crippen molar-refractivity contribution in [3.63, 3.8) is 0 Å². The minimum absolute atomic E-state index is 0.106. The van der Waals surface area contributed by atoms with Crippen LogP contribution in [0.15, 0.2) is 0 Å². The molecule has 2 unspecified atom stereocenters. The summed E-state index contributed by atoms with van der Waals surface area (Å²) in [6.45, 7) is 11.5. The Labute approximate surface area is 352 Å². The zero-order valence-corrected chi connectivity index (χ0v) is 40.0. The van der Waals surface area contributed by atoms with Crippen LogP contribution >= 0.6 is 62.8 Å². The number of unbranched alkanes of at least 4 members (excludes halogenated alkanes) is 18. The van der Waals surface area contributed by atoms with Crippen LogP contribution in [0.1, 0.15) is 175 Å². The number of hydrogen-bond acceptors (Lipinski definition) is 12. The maximum absolute atomic E-state index is 12.7. The van der Waals surface area contributed by atoms with Gasteiger partial charge in [0, 0.05) is 36.1 Å². The van der Waals surface area contributed by atoms with Crippen LogP contribution in [0.5, 0.6) is 0 Å². The number of carbonyl (C=O) groups excluding carboxylic acids is 2. The first-order valence-electron chi connectivity index (χ1n) is 21.4. The Balaban J connectivity index is 4.02. The molecule has 0 heterocycles. The van der Waals surface area contributed by atoms with Gasteiger partial charge in [0.05, 0.1) is 12.8 Å². The molecule has 0 spiro atoms. The summed E-state index contributed by atoms with van der Waals surface area (Å²) in [5, 5.41) is 0. The minimum Gasteiger partial charge on any atom is -0.462 e. The second kappa shape index (κ2) is 42.6. The first-order chi connectivity index (χ1) is 25.8. The van der Waals surface area contributed by atoms with Gasteiger partial charge in [-0.15, -0.1) is 0 Å². The number of rotatable bonds is 42. The molecule has 0 saturated heterocycles. The molecule has 0 N–H and O–H groups in total. The summed E-state index contributed by atoms with van der Waals surface area (Å²) >= 11 is 0. The topological polar surface area (TPSA) is 59.1 Å². The van der Waals surface area contributed by atoms with Crippen LogP contribution in [0.4, 0.5) is 0 Å². The lowest BCUT2D eigenvalue weighted by Gasteiger charge is -2.23. The van der Waals surface area contributed by atoms with E-state index in [1.54, 1.807) is 21.6 Å². The molecule has 0 bridgehead atoms. The van der Waals surface area contributed by atoms with Crippen molar-refractivity contribution in [1.29, 1.82) is 0 Å². The van der Waals surface area contributed by atoms with E-state index in [1.165, 1.54) is 140 Å². The molecule has 0 saturated carbocycles. The van der Waals surface area contributed by atoms with E-state index >= 15 is 0 Å². The van der Waals surface area contributed by atoms with E-state index in [-0.39, 0.29) is 24.1 Å². The van der Waals surface area contributed by atoms with Gasteiger partial charge < -0.3 is 19.3 Å². The summed E-state index contributed by atoms with van der Waals surface area (Å²) in [5.74, 6) is 3.66. The van der Waals surface area contributed by atoms with Crippen LogP contribution in [0, 0.1) is 0 Å². The highest BCUT2D eigenvalue weighted by molar-refractivity contribution is 9.09. The van der Waals surface area contributed by atoms with E-state index in [4.69, 9.17) is 9.47 Å². The lowest BCUT2D eigenvalue weighted by Crippen LogP contribution is -2.33. The quantitative estimate of drug-likeness (QED) is 0.0334. The molecule has 0 aromatic carbocycles. The van der Waals surface area contributed by atoms with Crippen molar-refractivity contribution in [2.24, 2.45) is 0 Å². The first-order valence-corrected chi connectivity index (χ1v) is 29.0. The predicted molar refractivity (Wildman–Crippen MR) is 249 cm³/mol. The molecule has 0 aliphatic carbocycles. The fourth-order valence-electron chi connectivity index (χ4n) is 5.76. The second-order valence-corrected chi connectivity index (χ2v) is 23.6. The molecule has 12 heteroatoms. The number of ether oxygens (including phenoxy) is 2. The molecule has 0 amide bonds. The summed E-state index contributed by atoms with van der Waals surface area (Å²) in [6, 6.07) is 0. The van der Waals surface area contributed by atoms with Crippen molar-refractivity contribution < 1.29 is 19.1 Å². The zero-order chi connectivity index (χ0) is 39.0. The Bertz CT molecular complexity index is 746. The Morgan fingerprint density at radius 1 is 0.472 bits per heavy atom. The lowest BCUT2D eigenvalue weighted by molar-refractivity contribution is -0.147. The SMILES string of the molecule is CCCCCCCCCCCCSSSCC(C)OC(=O)CCN(CCCN(C)C)CCC(=O)OC(C)CSSSCCCCCCCCCCCC. The maximum Gasteiger partial charge on any atom is 0.307 e. The molecule has 316 valence electrons. The third-order valence-electron chi connectivity index (χ3n) is 8.97. The molecule has 0 radical (unpaired) electrons. The van der Waals surface area contributed by atoms with Gasteiger partial charge in [-0.25, -0.2) is 0 Å². The van der Waals surface area contributed by atoms with E-state index in [0.717, 1.165) is 31.0 Å². The van der Waals surface area contributed by atoms with Crippen LogP contribution in [0.2, 0.25) is 0 Å². The molecule has 6 nitrogen and oxygen atoms in total. The zero-order valence-electron chi connectivity index (χ0n) is 35.1. The van der Waals surface area contributed by atoms with Crippen LogP contribution in [-0.4, -0.2) is 97.2 Å². The van der Waals surface area contributed by atoms with Gasteiger partial charge in [-0.1, -0.05) is 173 Å². The molecule has 0 aliphatic heterocycles. The maximum atomic E-state index is 12.7. The van der Waals surface area contributed by atoms with Crippen molar-refractivity contribution in [3.8, 4) is 0 Å². The monoisotopic (exact) mass is 858 g/mol. The van der Waals surface area contributed by atoms with Gasteiger partial charge in [0.15, 0.2) is 0 Å². The minimum atomic E-state index is -0.157. The van der Waals surface area contributed by atoms with Gasteiger partial charge in [-0.3, -0.25) is 9.59 Å². The van der Waals surface area contributed by atoms with E-state index in [1.807, 2.05) is 55.1 Å². The van der Waals surface area contributed by atoms with E-state index < -0.39 is 0 Å². The van der Waals surface area contributed by atoms with Crippen molar-refractivity contribution >= 4 is 74.8 Å². The first kappa shape index (κ1) is 54.0. The van der Waals surface area contributed by atoms with Gasteiger partial charge in [0.25, 0.3) is 0 Å². The summed E-state index contributed by atoms with van der Waals surface area (Å²) in [6.07, 6.45) is 28.9. The lowest BCUT2D eigenvalue weighted by atomic mass is 10.1. The number of esters is 2. The molecule has 2 atom stereocenters. The summed E-state index contributed by atoms with van der Waals surface area (Å²) in [5.41, 5.74) is 0. The van der Waals surface area contributed by atoms with Crippen molar-refractivity contribution in [2.75, 3.05) is 63.3 Å². The van der Waals surface area contributed by atoms with E-state index in [0.29, 0.717) is 25.9 Å². The Kier molecular flexibility index (Phi) is 43.3. The number of nitrogens with zero attached hydrogens (tertiary/aromatic N) is 2. The molecular weight excluding hydrogens is 777 g/mol. The van der Waals surface area contributed by atoms with E-state index in [2.05, 4.69) is 37.7 Å². The van der Waals surface area contributed by atoms with Gasteiger partial charge >= 0.3 is 11.9 Å². The smallest absolute Gasteiger partial charge is 0.307 e. The Morgan fingerprint density at radius 3 is 1.19 bits per heavy atom. The highest BCUT2D eigenvalue weighted by Crippen LogP contribution is 2.36. The summed E-state index contributed by atoms with van der Waals surface area (Å²) in [7, 11) is 15.2. The molecule has 0 aromatic heterocycles. The van der Waals surface area contributed by atoms with Crippen LogP contribution in [0.25, 0.3) is 0 Å². The number of carbonyl (C=O) groups is 2. The largest absolute Gasteiger partial charge is 0.462 e. The molecular formula is C41H82N2O4S6. The van der Waals surface area contributed by atoms with Crippen molar-refractivity contribution in [1.82, 2.24) is 9.80 Å². The van der Waals surface area contributed by atoms with Crippen molar-refractivity contribution in [2.45, 2.75) is 188 Å². The second-order valence-electron chi connectivity index (χ2n) is 14.8. The summed E-state index contributed by atoms with van der Waals surface area (Å²) in [4.78, 5) is 29.7. The highest BCUT2D eigenvalue weighted by atomic mass is 33.5. The van der Waals surface area contributed by atoms with Gasteiger partial charge in [0.1, 0.15) is 12.2 Å². The fraction of sp³-hybridized carbons (Fsp3) is 0.951. The standard InChI is InChI=1S/C41H82N2O4S6/c1-7-9-11-13-15-17-19-21-23-25-34-48-52-50-36-38(3)46-40(44)28-32-43(31-27-30-42(5)6)33-29-41(45)47-39(4)37-51-53-49-35-26-24-22-20-18-16-14-12-10-8-2/h38-39H,7-37H2,1-6H3. The average molecular weight is 860 g/mol. The van der Waals surface area contributed by atoms with Gasteiger partial charge in [-0.2, -0.15) is 0 Å². The molecule has 0 aromatic rings. The highest BCUT2D eigenvalue weighted by Gasteiger charge is 2.16. The van der Waals surface area contributed by atoms with E-state index in [9.17, 15) is 9.59 Å². The van der Waals surface area contributed by atoms with Crippen molar-refractivity contribution in [3.05, 3.63) is 0 Å². The summed E-state index contributed by atoms with van der Waals surface area (Å²) < 4.78 is 11.4. The number of hydrogen-bond donors (Lipinski definition) is 0. The Hall–Kier alpha value is 0.960. The molecule has 0 rings (SSSR count). The molecule has 0 aliphatic rings. The third-order valence-corrected chi connectivity index (χ3v) is 17.9. The van der Waals surface area contributed by atoms with Gasteiger partial charge in [0.2, 0.25) is 0 Å². The normalized spacial score (nSPS) is 12.8. The Morgan fingerprint density at radius 2 is 0.830 bits per heavy atom. The van der Waals surface area contributed by atoms with Crippen LogP contribution in [0.3, 0.4) is 0 Å². The van der Waals surface area contributed by atoms with Crippen LogP contribution < -0.4 is 0 Å². The van der Waals surface area contributed by atoms with Crippen LogP contribution in [-0.2, 0) is 19.1 Å². The van der Waals surface area contributed by atoms with Gasteiger partial charge in [-0.05, 0) is 79.9 Å². The predicted octanol–water partition coefficient (Wildman–Crippen LogP) is 13.8. The molecule has 0 fully saturated rings. The third kappa shape index (κ3) is 42.4. The fourth-order valence-corrected chi connectivity index (χ4v) is 13.8. The average Bonchev–Trinajstić information content (AvgIpc) is 3.12. The molecule has 53 heavy (non-hydrogen) atoms.